The summed E-state index contributed by atoms with van der Waals surface area (Å²) in [4.78, 5) is 4.30. The predicted molar refractivity (Wildman–Crippen MR) is 103 cm³/mol. The van der Waals surface area contributed by atoms with E-state index in [1.165, 1.54) is 5.56 Å². The summed E-state index contributed by atoms with van der Waals surface area (Å²) in [5, 5.41) is 9.32. The molecule has 1 atom stereocenters. The maximum Gasteiger partial charge on any atom is 0.205 e. The highest BCUT2D eigenvalue weighted by atomic mass is 16.5. The van der Waals surface area contributed by atoms with E-state index in [0.29, 0.717) is 6.61 Å². The molecule has 1 saturated heterocycles. The molecule has 1 aliphatic heterocycles. The van der Waals surface area contributed by atoms with Gasteiger partial charge in [-0.05, 0) is 69.6 Å². The average Bonchev–Trinajstić information content (AvgIpc) is 3.30. The number of fused-ring (bicyclic) bond motifs is 1. The number of nitriles is 1. The van der Waals surface area contributed by atoms with Crippen molar-refractivity contribution in [3.8, 4) is 11.9 Å². The molecule has 0 bridgehead atoms. The highest BCUT2D eigenvalue weighted by molar-refractivity contribution is 6.09. The lowest BCUT2D eigenvalue weighted by molar-refractivity contribution is -0.0407. The van der Waals surface area contributed by atoms with Gasteiger partial charge in [0, 0.05) is 24.7 Å². The summed E-state index contributed by atoms with van der Waals surface area (Å²) in [5.41, 5.74) is 3.20. The summed E-state index contributed by atoms with van der Waals surface area (Å²) >= 11 is 0. The molecule has 1 aromatic carbocycles. The molecule has 2 aliphatic carbocycles. The van der Waals surface area contributed by atoms with Crippen LogP contribution in [0.2, 0.25) is 0 Å². The minimum atomic E-state index is -0.0622. The third-order valence-electron chi connectivity index (χ3n) is 6.75. The van der Waals surface area contributed by atoms with Crippen LogP contribution in [-0.2, 0) is 15.9 Å². The lowest BCUT2D eigenvalue weighted by atomic mass is 9.66. The second-order valence-corrected chi connectivity index (χ2v) is 8.44. The molecule has 1 aromatic rings. The Morgan fingerprint density at radius 2 is 2.11 bits per heavy atom. The average molecular weight is 368 g/mol. The van der Waals surface area contributed by atoms with Crippen molar-refractivity contribution < 1.29 is 14.2 Å². The van der Waals surface area contributed by atoms with Gasteiger partial charge in [-0.25, -0.2) is 0 Å². The van der Waals surface area contributed by atoms with Crippen LogP contribution in [-0.4, -0.2) is 37.7 Å². The summed E-state index contributed by atoms with van der Waals surface area (Å²) < 4.78 is 17.3. The normalized spacial score (nSPS) is 34.0. The van der Waals surface area contributed by atoms with Gasteiger partial charge in [0.2, 0.25) is 6.19 Å². The van der Waals surface area contributed by atoms with E-state index in [2.05, 4.69) is 24.0 Å². The van der Waals surface area contributed by atoms with Crippen LogP contribution in [0.3, 0.4) is 0 Å². The van der Waals surface area contributed by atoms with E-state index in [-0.39, 0.29) is 17.1 Å². The third kappa shape index (κ3) is 3.49. The number of ether oxygens (including phenoxy) is 3. The van der Waals surface area contributed by atoms with Gasteiger partial charge in [-0.15, -0.1) is 0 Å². The van der Waals surface area contributed by atoms with Crippen LogP contribution in [0.25, 0.3) is 0 Å². The first-order valence-corrected chi connectivity index (χ1v) is 9.98. The first-order valence-electron chi connectivity index (χ1n) is 9.98. The lowest BCUT2D eigenvalue weighted by Crippen LogP contribution is -2.41. The maximum atomic E-state index is 9.32. The third-order valence-corrected chi connectivity index (χ3v) is 6.75. The SMILES string of the molecule is COC1(C)CCC2(CC1)Cc1ccc(OCC3CCCO3)cc1C2=NC#N. The molecule has 144 valence electrons. The molecule has 0 N–H and O–H groups in total. The van der Waals surface area contributed by atoms with Crippen molar-refractivity contribution in [2.24, 2.45) is 10.4 Å². The van der Waals surface area contributed by atoms with Crippen molar-refractivity contribution >= 4 is 5.71 Å². The van der Waals surface area contributed by atoms with Crippen molar-refractivity contribution in [1.82, 2.24) is 0 Å². The van der Waals surface area contributed by atoms with Gasteiger partial charge in [0.05, 0.1) is 17.4 Å². The first kappa shape index (κ1) is 18.5. The zero-order valence-electron chi connectivity index (χ0n) is 16.3. The van der Waals surface area contributed by atoms with E-state index in [4.69, 9.17) is 14.2 Å². The van der Waals surface area contributed by atoms with Gasteiger partial charge in [-0.2, -0.15) is 10.3 Å². The molecule has 27 heavy (non-hydrogen) atoms. The summed E-state index contributed by atoms with van der Waals surface area (Å²) in [6, 6.07) is 6.25. The molecule has 5 nitrogen and oxygen atoms in total. The van der Waals surface area contributed by atoms with E-state index >= 15 is 0 Å². The van der Waals surface area contributed by atoms with E-state index in [0.717, 1.165) is 68.6 Å². The number of hydrogen-bond acceptors (Lipinski definition) is 5. The Hall–Kier alpha value is -1.90. The number of nitrogens with zero attached hydrogens (tertiary/aromatic N) is 2. The van der Waals surface area contributed by atoms with E-state index in [1.807, 2.05) is 12.3 Å². The highest BCUT2D eigenvalue weighted by Gasteiger charge is 2.48. The van der Waals surface area contributed by atoms with Gasteiger partial charge in [0.25, 0.3) is 0 Å². The molecule has 0 aromatic heterocycles. The Labute approximate surface area is 161 Å². The van der Waals surface area contributed by atoms with Gasteiger partial charge >= 0.3 is 0 Å². The summed E-state index contributed by atoms with van der Waals surface area (Å²) in [5.74, 6) is 0.837. The zero-order chi connectivity index (χ0) is 18.9. The largest absolute Gasteiger partial charge is 0.491 e. The molecule has 5 heteroatoms. The number of methoxy groups -OCH3 is 1. The number of aliphatic imine (C=N–C) groups is 1. The Bertz CT molecular complexity index is 766. The maximum absolute atomic E-state index is 9.32. The quantitative estimate of drug-likeness (QED) is 0.753. The van der Waals surface area contributed by atoms with Crippen LogP contribution in [0.1, 0.15) is 56.6 Å². The van der Waals surface area contributed by atoms with Crippen LogP contribution < -0.4 is 4.74 Å². The lowest BCUT2D eigenvalue weighted by Gasteiger charge is -2.42. The monoisotopic (exact) mass is 368 g/mol. The molecule has 2 fully saturated rings. The summed E-state index contributed by atoms with van der Waals surface area (Å²) in [7, 11) is 1.79. The van der Waals surface area contributed by atoms with Gasteiger partial charge in [-0.3, -0.25) is 0 Å². The highest BCUT2D eigenvalue weighted by Crippen LogP contribution is 2.51. The number of benzene rings is 1. The molecule has 1 spiro atoms. The second-order valence-electron chi connectivity index (χ2n) is 8.44. The van der Waals surface area contributed by atoms with Gasteiger partial charge in [-0.1, -0.05) is 6.07 Å². The van der Waals surface area contributed by atoms with Crippen LogP contribution in [0.15, 0.2) is 23.2 Å². The fourth-order valence-corrected chi connectivity index (χ4v) is 4.82. The Morgan fingerprint density at radius 1 is 1.30 bits per heavy atom. The van der Waals surface area contributed by atoms with Crippen molar-refractivity contribution in [3.63, 3.8) is 0 Å². The van der Waals surface area contributed by atoms with Crippen molar-refractivity contribution in [3.05, 3.63) is 29.3 Å². The molecule has 4 rings (SSSR count). The fraction of sp³-hybridized carbons (Fsp3) is 0.636. The van der Waals surface area contributed by atoms with Gasteiger partial charge < -0.3 is 14.2 Å². The molecule has 1 unspecified atom stereocenters. The molecule has 1 saturated carbocycles. The predicted octanol–water partition coefficient (Wildman–Crippen LogP) is 4.04. The Balaban J connectivity index is 1.55. The first-order chi connectivity index (χ1) is 13.1. The van der Waals surface area contributed by atoms with Gasteiger partial charge in [0.15, 0.2) is 0 Å². The van der Waals surface area contributed by atoms with Crippen LogP contribution in [0, 0.1) is 16.9 Å². The zero-order valence-corrected chi connectivity index (χ0v) is 16.3. The molecule has 3 aliphatic rings. The van der Waals surface area contributed by atoms with Crippen molar-refractivity contribution in [2.45, 2.75) is 63.6 Å². The van der Waals surface area contributed by atoms with Crippen LogP contribution in [0.4, 0.5) is 0 Å². The van der Waals surface area contributed by atoms with E-state index < -0.39 is 0 Å². The second kappa shape index (κ2) is 7.26. The Kier molecular flexibility index (Phi) is 4.96. The molecule has 0 radical (unpaired) electrons. The van der Waals surface area contributed by atoms with Gasteiger partial charge in [0.1, 0.15) is 12.4 Å². The standard InChI is InChI=1S/C22H28N2O3/c1-21(25-2)7-9-22(10-8-21)13-16-5-6-17(12-19(16)20(22)24-15-23)27-14-18-4-3-11-26-18/h5-6,12,18H,3-4,7-11,13-14H2,1-2H3. The molecular weight excluding hydrogens is 340 g/mol. The fourth-order valence-electron chi connectivity index (χ4n) is 4.82. The van der Waals surface area contributed by atoms with Crippen LogP contribution in [0.5, 0.6) is 5.75 Å². The molecule has 0 amide bonds. The molecular formula is C22H28N2O3. The van der Waals surface area contributed by atoms with Crippen LogP contribution >= 0.6 is 0 Å². The minimum Gasteiger partial charge on any atom is -0.491 e. The minimum absolute atomic E-state index is 0.0384. The summed E-state index contributed by atoms with van der Waals surface area (Å²) in [6.45, 7) is 3.60. The summed E-state index contributed by atoms with van der Waals surface area (Å²) in [6.07, 6.45) is 9.35. The van der Waals surface area contributed by atoms with Crippen molar-refractivity contribution in [1.29, 1.82) is 5.26 Å². The van der Waals surface area contributed by atoms with E-state index in [1.54, 1.807) is 7.11 Å². The van der Waals surface area contributed by atoms with E-state index in [9.17, 15) is 5.26 Å². The Morgan fingerprint density at radius 3 is 2.78 bits per heavy atom. The molecule has 1 heterocycles. The number of hydrogen-bond donors (Lipinski definition) is 0. The smallest absolute Gasteiger partial charge is 0.205 e. The topological polar surface area (TPSA) is 63.8 Å². The number of rotatable bonds is 4. The van der Waals surface area contributed by atoms with Crippen molar-refractivity contribution in [2.75, 3.05) is 20.3 Å².